The van der Waals surface area contributed by atoms with E-state index in [4.69, 9.17) is 4.74 Å². The standard InChI is InChI=1S/C11H15BrN2O/c1-13-5-9-4-10(12)6-14-11(9)15-7-8-2-3-8/h4,6,8,13H,2-3,5,7H2,1H3. The Hall–Kier alpha value is -0.610. The summed E-state index contributed by atoms with van der Waals surface area (Å²) in [7, 11) is 1.92. The van der Waals surface area contributed by atoms with E-state index in [1.807, 2.05) is 13.1 Å². The number of nitrogens with one attached hydrogen (secondary N) is 1. The van der Waals surface area contributed by atoms with Crippen LogP contribution in [0.3, 0.4) is 0 Å². The van der Waals surface area contributed by atoms with Gasteiger partial charge in [0, 0.05) is 22.8 Å². The molecule has 1 fully saturated rings. The predicted molar refractivity (Wildman–Crippen MR) is 62.9 cm³/mol. The maximum atomic E-state index is 5.70. The Balaban J connectivity index is 2.04. The van der Waals surface area contributed by atoms with Crippen LogP contribution in [-0.2, 0) is 6.54 Å². The van der Waals surface area contributed by atoms with Gasteiger partial charge in [-0.15, -0.1) is 0 Å². The molecule has 0 unspecified atom stereocenters. The van der Waals surface area contributed by atoms with Gasteiger partial charge in [0.1, 0.15) is 0 Å². The third-order valence-corrected chi connectivity index (χ3v) is 2.85. The Labute approximate surface area is 98.4 Å². The molecule has 15 heavy (non-hydrogen) atoms. The van der Waals surface area contributed by atoms with Crippen molar-refractivity contribution in [2.75, 3.05) is 13.7 Å². The molecule has 1 N–H and O–H groups in total. The molecule has 1 saturated carbocycles. The highest BCUT2D eigenvalue weighted by atomic mass is 79.9. The van der Waals surface area contributed by atoms with Gasteiger partial charge in [0.25, 0.3) is 0 Å². The van der Waals surface area contributed by atoms with Crippen molar-refractivity contribution in [1.82, 2.24) is 10.3 Å². The molecule has 0 aliphatic heterocycles. The first kappa shape index (κ1) is 10.9. The number of ether oxygens (including phenoxy) is 1. The molecule has 1 aromatic rings. The lowest BCUT2D eigenvalue weighted by atomic mass is 10.2. The summed E-state index contributed by atoms with van der Waals surface area (Å²) in [5.74, 6) is 1.53. The SMILES string of the molecule is CNCc1cc(Br)cnc1OCC1CC1. The Morgan fingerprint density at radius 2 is 2.40 bits per heavy atom. The number of nitrogens with zero attached hydrogens (tertiary/aromatic N) is 1. The second-order valence-electron chi connectivity index (χ2n) is 3.90. The van der Waals surface area contributed by atoms with Crippen molar-refractivity contribution < 1.29 is 4.74 Å². The van der Waals surface area contributed by atoms with Gasteiger partial charge in [0.2, 0.25) is 5.88 Å². The van der Waals surface area contributed by atoms with Crippen molar-refractivity contribution in [2.24, 2.45) is 5.92 Å². The lowest BCUT2D eigenvalue weighted by Gasteiger charge is -2.09. The van der Waals surface area contributed by atoms with Gasteiger partial charge < -0.3 is 10.1 Å². The summed E-state index contributed by atoms with van der Waals surface area (Å²) in [6, 6.07) is 2.05. The van der Waals surface area contributed by atoms with Crippen molar-refractivity contribution in [3.63, 3.8) is 0 Å². The van der Waals surface area contributed by atoms with Crippen molar-refractivity contribution in [3.8, 4) is 5.88 Å². The van der Waals surface area contributed by atoms with Crippen LogP contribution >= 0.6 is 15.9 Å². The molecule has 82 valence electrons. The summed E-state index contributed by atoms with van der Waals surface area (Å²) in [6.45, 7) is 1.60. The lowest BCUT2D eigenvalue weighted by molar-refractivity contribution is 0.284. The van der Waals surface area contributed by atoms with Crippen molar-refractivity contribution >= 4 is 15.9 Å². The normalized spacial score (nSPS) is 15.3. The summed E-state index contributed by atoms with van der Waals surface area (Å²) in [5.41, 5.74) is 1.10. The zero-order chi connectivity index (χ0) is 10.7. The first-order valence-electron chi connectivity index (χ1n) is 5.21. The van der Waals surface area contributed by atoms with E-state index in [0.29, 0.717) is 0 Å². The number of halogens is 1. The van der Waals surface area contributed by atoms with Gasteiger partial charge >= 0.3 is 0 Å². The van der Waals surface area contributed by atoms with E-state index in [2.05, 4.69) is 26.2 Å². The molecule has 3 nitrogen and oxygen atoms in total. The van der Waals surface area contributed by atoms with Gasteiger partial charge in [0.15, 0.2) is 0 Å². The topological polar surface area (TPSA) is 34.2 Å². The van der Waals surface area contributed by atoms with Crippen molar-refractivity contribution in [1.29, 1.82) is 0 Å². The Morgan fingerprint density at radius 3 is 3.07 bits per heavy atom. The average molecular weight is 271 g/mol. The van der Waals surface area contributed by atoms with Gasteiger partial charge in [0.05, 0.1) is 6.61 Å². The van der Waals surface area contributed by atoms with Crippen LogP contribution in [0, 0.1) is 5.92 Å². The molecular weight excluding hydrogens is 256 g/mol. The number of rotatable bonds is 5. The number of hydrogen-bond donors (Lipinski definition) is 1. The van der Waals surface area contributed by atoms with Gasteiger partial charge in [-0.05, 0) is 47.8 Å². The molecule has 1 aliphatic carbocycles. The summed E-state index contributed by atoms with van der Waals surface area (Å²) < 4.78 is 6.69. The van der Waals surface area contributed by atoms with Crippen molar-refractivity contribution in [2.45, 2.75) is 19.4 Å². The van der Waals surface area contributed by atoms with E-state index in [1.165, 1.54) is 12.8 Å². The molecule has 0 saturated heterocycles. The summed E-state index contributed by atoms with van der Waals surface area (Å²) in [4.78, 5) is 4.29. The second-order valence-corrected chi connectivity index (χ2v) is 4.82. The summed E-state index contributed by atoms with van der Waals surface area (Å²) in [5, 5.41) is 3.11. The molecule has 0 atom stereocenters. The number of hydrogen-bond acceptors (Lipinski definition) is 3. The monoisotopic (exact) mass is 270 g/mol. The highest BCUT2D eigenvalue weighted by Crippen LogP contribution is 2.30. The molecule has 1 heterocycles. The maximum absolute atomic E-state index is 5.70. The zero-order valence-electron chi connectivity index (χ0n) is 8.79. The minimum atomic E-state index is 0.762. The first-order valence-corrected chi connectivity index (χ1v) is 6.00. The van der Waals surface area contributed by atoms with E-state index in [-0.39, 0.29) is 0 Å². The number of pyridine rings is 1. The van der Waals surface area contributed by atoms with Crippen LogP contribution < -0.4 is 10.1 Å². The third-order valence-electron chi connectivity index (χ3n) is 2.41. The largest absolute Gasteiger partial charge is 0.477 e. The fraction of sp³-hybridized carbons (Fsp3) is 0.545. The molecule has 2 rings (SSSR count). The quantitative estimate of drug-likeness (QED) is 0.892. The summed E-state index contributed by atoms with van der Waals surface area (Å²) >= 11 is 3.41. The van der Waals surface area contributed by atoms with Crippen LogP contribution in [0.4, 0.5) is 0 Å². The second kappa shape index (κ2) is 4.94. The van der Waals surface area contributed by atoms with Crippen LogP contribution in [0.25, 0.3) is 0 Å². The third kappa shape index (κ3) is 3.18. The van der Waals surface area contributed by atoms with Crippen LogP contribution in [-0.4, -0.2) is 18.6 Å². The molecule has 1 aliphatic rings. The molecule has 0 aromatic carbocycles. The van der Waals surface area contributed by atoms with E-state index in [1.54, 1.807) is 6.20 Å². The zero-order valence-corrected chi connectivity index (χ0v) is 10.4. The Bertz CT molecular complexity index is 339. The van der Waals surface area contributed by atoms with Crippen LogP contribution in [0.15, 0.2) is 16.7 Å². The predicted octanol–water partition coefficient (Wildman–Crippen LogP) is 2.35. The van der Waals surface area contributed by atoms with Crippen molar-refractivity contribution in [3.05, 3.63) is 22.3 Å². The van der Waals surface area contributed by atoms with Gasteiger partial charge in [-0.3, -0.25) is 0 Å². The van der Waals surface area contributed by atoms with E-state index in [0.717, 1.165) is 35.0 Å². The van der Waals surface area contributed by atoms with E-state index in [9.17, 15) is 0 Å². The molecule has 0 radical (unpaired) electrons. The first-order chi connectivity index (χ1) is 7.29. The van der Waals surface area contributed by atoms with Gasteiger partial charge in [-0.2, -0.15) is 0 Å². The van der Waals surface area contributed by atoms with Crippen LogP contribution in [0.5, 0.6) is 5.88 Å². The lowest BCUT2D eigenvalue weighted by Crippen LogP contribution is -2.09. The summed E-state index contributed by atoms with van der Waals surface area (Å²) in [6.07, 6.45) is 4.39. The Kier molecular flexibility index (Phi) is 3.59. The smallest absolute Gasteiger partial charge is 0.217 e. The highest BCUT2D eigenvalue weighted by molar-refractivity contribution is 9.10. The fourth-order valence-corrected chi connectivity index (χ4v) is 1.78. The molecule has 0 amide bonds. The molecule has 0 bridgehead atoms. The highest BCUT2D eigenvalue weighted by Gasteiger charge is 2.22. The Morgan fingerprint density at radius 1 is 1.60 bits per heavy atom. The van der Waals surface area contributed by atoms with Gasteiger partial charge in [-0.1, -0.05) is 0 Å². The van der Waals surface area contributed by atoms with Crippen LogP contribution in [0.1, 0.15) is 18.4 Å². The number of aromatic nitrogens is 1. The van der Waals surface area contributed by atoms with Gasteiger partial charge in [-0.25, -0.2) is 4.98 Å². The van der Waals surface area contributed by atoms with E-state index >= 15 is 0 Å². The molecule has 0 spiro atoms. The fourth-order valence-electron chi connectivity index (χ4n) is 1.40. The minimum Gasteiger partial charge on any atom is -0.477 e. The maximum Gasteiger partial charge on any atom is 0.217 e. The molecule has 4 heteroatoms. The molecular formula is C11H15BrN2O. The average Bonchev–Trinajstić information content (AvgIpc) is 3.01. The minimum absolute atomic E-state index is 0.762. The molecule has 1 aromatic heterocycles. The van der Waals surface area contributed by atoms with Crippen LogP contribution in [0.2, 0.25) is 0 Å². The van der Waals surface area contributed by atoms with E-state index < -0.39 is 0 Å².